The van der Waals surface area contributed by atoms with Crippen LogP contribution in [-0.2, 0) is 6.54 Å². The van der Waals surface area contributed by atoms with Crippen molar-refractivity contribution in [1.29, 1.82) is 0 Å². The van der Waals surface area contributed by atoms with E-state index in [1.54, 1.807) is 0 Å². The van der Waals surface area contributed by atoms with Crippen LogP contribution in [0.15, 0.2) is 36.4 Å². The van der Waals surface area contributed by atoms with E-state index in [9.17, 15) is 4.79 Å². The van der Waals surface area contributed by atoms with Crippen molar-refractivity contribution in [3.63, 3.8) is 0 Å². The third-order valence-electron chi connectivity index (χ3n) is 5.47. The maximum atomic E-state index is 10.1. The van der Waals surface area contributed by atoms with Crippen molar-refractivity contribution in [2.24, 2.45) is 0 Å². The molecule has 0 aliphatic carbocycles. The average molecular weight is 436 g/mol. The minimum Gasteiger partial charge on any atom is -0.465 e. The van der Waals surface area contributed by atoms with Crippen LogP contribution in [0.1, 0.15) is 35.4 Å². The summed E-state index contributed by atoms with van der Waals surface area (Å²) in [5.74, 6) is 0.306. The SMILES string of the molecule is CNc1ccc(C2CN(C)Cc3c(Cl)cc(Cl)cc32)cc1.O=C(O)N1CCCC1. The second kappa shape index (κ2) is 9.70. The Morgan fingerprint density at radius 3 is 2.34 bits per heavy atom. The summed E-state index contributed by atoms with van der Waals surface area (Å²) in [5.41, 5.74) is 4.85. The lowest BCUT2D eigenvalue weighted by molar-refractivity contribution is 0.156. The number of hydrogen-bond donors (Lipinski definition) is 2. The van der Waals surface area contributed by atoms with Crippen LogP contribution in [0.5, 0.6) is 0 Å². The molecule has 2 aromatic carbocycles. The zero-order valence-electron chi connectivity index (χ0n) is 16.8. The van der Waals surface area contributed by atoms with E-state index >= 15 is 0 Å². The minimum atomic E-state index is -0.775. The molecule has 1 amide bonds. The van der Waals surface area contributed by atoms with E-state index in [1.165, 1.54) is 21.6 Å². The Morgan fingerprint density at radius 2 is 1.79 bits per heavy atom. The lowest BCUT2D eigenvalue weighted by Crippen LogP contribution is -2.31. The maximum Gasteiger partial charge on any atom is 0.407 e. The monoisotopic (exact) mass is 435 g/mol. The number of amides is 1. The lowest BCUT2D eigenvalue weighted by Gasteiger charge is -2.33. The van der Waals surface area contributed by atoms with Crippen molar-refractivity contribution in [3.05, 3.63) is 63.1 Å². The number of halogens is 2. The molecule has 2 heterocycles. The molecule has 2 aliphatic rings. The van der Waals surface area contributed by atoms with Gasteiger partial charge in [-0.15, -0.1) is 0 Å². The van der Waals surface area contributed by atoms with Crippen molar-refractivity contribution in [2.75, 3.05) is 39.0 Å². The second-order valence-electron chi connectivity index (χ2n) is 7.55. The predicted molar refractivity (Wildman–Crippen MR) is 119 cm³/mol. The largest absolute Gasteiger partial charge is 0.465 e. The molecule has 1 unspecified atom stereocenters. The standard InChI is InChI=1S/C17H18Cl2N2.C5H9NO2/c1-20-13-5-3-11(4-6-13)15-9-21(2)10-16-14(15)7-12(18)8-17(16)19;7-5(8)6-3-1-2-4-6/h3-8,15,20H,9-10H2,1-2H3;1-4H2,(H,7,8). The molecule has 0 bridgehead atoms. The summed E-state index contributed by atoms with van der Waals surface area (Å²) in [6, 6.07) is 12.5. The molecule has 1 fully saturated rings. The first-order chi connectivity index (χ1) is 13.9. The van der Waals surface area contributed by atoms with Crippen molar-refractivity contribution >= 4 is 35.0 Å². The Kier molecular flexibility index (Phi) is 7.28. The number of fused-ring (bicyclic) bond motifs is 1. The highest BCUT2D eigenvalue weighted by Crippen LogP contribution is 2.38. The van der Waals surface area contributed by atoms with E-state index in [1.807, 2.05) is 13.1 Å². The van der Waals surface area contributed by atoms with Crippen LogP contribution in [0.4, 0.5) is 10.5 Å². The lowest BCUT2D eigenvalue weighted by atomic mass is 9.85. The van der Waals surface area contributed by atoms with Gasteiger partial charge in [-0.25, -0.2) is 4.79 Å². The number of nitrogens with one attached hydrogen (secondary N) is 1. The summed E-state index contributed by atoms with van der Waals surface area (Å²) in [6.45, 7) is 3.31. The topological polar surface area (TPSA) is 55.8 Å². The molecular weight excluding hydrogens is 409 g/mol. The van der Waals surface area contributed by atoms with Gasteiger partial charge in [0.25, 0.3) is 0 Å². The fourth-order valence-corrected chi connectivity index (χ4v) is 4.49. The Bertz CT molecular complexity index is 852. The first-order valence-corrected chi connectivity index (χ1v) is 10.6. The summed E-state index contributed by atoms with van der Waals surface area (Å²) in [6.07, 6.45) is 1.29. The van der Waals surface area contributed by atoms with Crippen LogP contribution in [0, 0.1) is 0 Å². The quantitative estimate of drug-likeness (QED) is 0.665. The van der Waals surface area contributed by atoms with E-state index in [-0.39, 0.29) is 0 Å². The highest BCUT2D eigenvalue weighted by molar-refractivity contribution is 6.35. The van der Waals surface area contributed by atoms with E-state index < -0.39 is 6.09 Å². The maximum absolute atomic E-state index is 10.1. The molecule has 7 heteroatoms. The molecule has 0 radical (unpaired) electrons. The fraction of sp³-hybridized carbons (Fsp3) is 0.409. The number of nitrogens with zero attached hydrogens (tertiary/aromatic N) is 2. The first kappa shape index (κ1) is 21.8. The Morgan fingerprint density at radius 1 is 1.14 bits per heavy atom. The number of likely N-dealkylation sites (N-methyl/N-ethyl adjacent to an activating group) is 1. The molecule has 0 saturated carbocycles. The Balaban J connectivity index is 0.000000252. The van der Waals surface area contributed by atoms with Gasteiger partial charge in [-0.3, -0.25) is 0 Å². The third kappa shape index (κ3) is 5.35. The highest BCUT2D eigenvalue weighted by atomic mass is 35.5. The predicted octanol–water partition coefficient (Wildman–Crippen LogP) is 5.37. The number of benzene rings is 2. The molecule has 29 heavy (non-hydrogen) atoms. The van der Waals surface area contributed by atoms with Crippen LogP contribution < -0.4 is 5.32 Å². The van der Waals surface area contributed by atoms with Gasteiger partial charge in [0.15, 0.2) is 0 Å². The second-order valence-corrected chi connectivity index (χ2v) is 8.40. The van der Waals surface area contributed by atoms with Gasteiger partial charge in [-0.1, -0.05) is 35.3 Å². The normalized spacial score (nSPS) is 18.6. The van der Waals surface area contributed by atoms with Crippen molar-refractivity contribution in [3.8, 4) is 0 Å². The number of carboxylic acid groups (broad SMARTS) is 1. The molecule has 2 aromatic rings. The van der Waals surface area contributed by atoms with Crippen molar-refractivity contribution in [1.82, 2.24) is 9.80 Å². The summed E-state index contributed by atoms with van der Waals surface area (Å²) in [7, 11) is 4.06. The van der Waals surface area contributed by atoms with Gasteiger partial charge in [0, 0.05) is 54.9 Å². The summed E-state index contributed by atoms with van der Waals surface area (Å²) in [4.78, 5) is 13.9. The van der Waals surface area contributed by atoms with Gasteiger partial charge in [-0.05, 0) is 60.8 Å². The van der Waals surface area contributed by atoms with Crippen LogP contribution in [0.3, 0.4) is 0 Å². The first-order valence-electron chi connectivity index (χ1n) is 9.81. The van der Waals surface area contributed by atoms with Crippen molar-refractivity contribution < 1.29 is 9.90 Å². The number of carbonyl (C=O) groups is 1. The minimum absolute atomic E-state index is 0.306. The molecule has 156 valence electrons. The summed E-state index contributed by atoms with van der Waals surface area (Å²) in [5, 5.41) is 13.0. The molecular formula is C22H27Cl2N3O2. The fourth-order valence-electron chi connectivity index (χ4n) is 3.92. The zero-order chi connectivity index (χ0) is 21.0. The molecule has 4 rings (SSSR count). The average Bonchev–Trinajstić information content (AvgIpc) is 3.24. The number of rotatable bonds is 2. The highest BCUT2D eigenvalue weighted by Gasteiger charge is 2.26. The number of anilines is 1. The van der Waals surface area contributed by atoms with Crippen LogP contribution >= 0.6 is 23.2 Å². The van der Waals surface area contributed by atoms with Crippen LogP contribution in [0.2, 0.25) is 10.0 Å². The zero-order valence-corrected chi connectivity index (χ0v) is 18.3. The van der Waals surface area contributed by atoms with Gasteiger partial charge in [0.05, 0.1) is 0 Å². The molecule has 0 aromatic heterocycles. The van der Waals surface area contributed by atoms with Gasteiger partial charge < -0.3 is 20.2 Å². The van der Waals surface area contributed by atoms with Crippen LogP contribution in [-0.4, -0.2) is 54.7 Å². The van der Waals surface area contributed by atoms with E-state index in [0.29, 0.717) is 10.9 Å². The Hall–Kier alpha value is -1.95. The number of likely N-dealkylation sites (tertiary alicyclic amines) is 1. The van der Waals surface area contributed by atoms with E-state index in [0.717, 1.165) is 49.7 Å². The van der Waals surface area contributed by atoms with Crippen molar-refractivity contribution in [2.45, 2.75) is 25.3 Å². The molecule has 1 saturated heterocycles. The Labute approximate surface area is 182 Å². The van der Waals surface area contributed by atoms with Gasteiger partial charge >= 0.3 is 6.09 Å². The summed E-state index contributed by atoms with van der Waals surface area (Å²) >= 11 is 12.6. The van der Waals surface area contributed by atoms with E-state index in [4.69, 9.17) is 28.3 Å². The number of hydrogen-bond acceptors (Lipinski definition) is 3. The smallest absolute Gasteiger partial charge is 0.407 e. The molecule has 2 N–H and O–H groups in total. The molecule has 0 spiro atoms. The van der Waals surface area contributed by atoms with Gasteiger partial charge in [0.2, 0.25) is 0 Å². The third-order valence-corrected chi connectivity index (χ3v) is 6.03. The van der Waals surface area contributed by atoms with Gasteiger partial charge in [0.1, 0.15) is 0 Å². The van der Waals surface area contributed by atoms with E-state index in [2.05, 4.69) is 47.6 Å². The molecule has 1 atom stereocenters. The molecule has 5 nitrogen and oxygen atoms in total. The van der Waals surface area contributed by atoms with Gasteiger partial charge in [-0.2, -0.15) is 0 Å². The summed E-state index contributed by atoms with van der Waals surface area (Å²) < 4.78 is 0. The van der Waals surface area contributed by atoms with Crippen LogP contribution in [0.25, 0.3) is 0 Å². The molecule has 2 aliphatic heterocycles.